The Morgan fingerprint density at radius 1 is 1.38 bits per heavy atom. The first-order valence-corrected chi connectivity index (χ1v) is 7.80. The number of hydrogen-bond donors (Lipinski definition) is 0. The van der Waals surface area contributed by atoms with Crippen LogP contribution >= 0.6 is 11.6 Å². The minimum Gasteiger partial charge on any atom is -0.467 e. The van der Waals surface area contributed by atoms with Crippen molar-refractivity contribution >= 4 is 29.4 Å². The topological polar surface area (TPSA) is 90.9 Å². The first-order chi connectivity index (χ1) is 11.2. The van der Waals surface area contributed by atoms with Crippen LogP contribution in [0.3, 0.4) is 0 Å². The van der Waals surface area contributed by atoms with Crippen LogP contribution in [0.4, 0.5) is 5.82 Å². The molecule has 24 heavy (non-hydrogen) atoms. The highest BCUT2D eigenvalue weighted by Crippen LogP contribution is 2.24. The monoisotopic (exact) mass is 357 g/mol. The summed E-state index contributed by atoms with van der Waals surface area (Å²) in [5, 5.41) is 7.88. The predicted molar refractivity (Wildman–Crippen MR) is 86.2 cm³/mol. The van der Waals surface area contributed by atoms with Crippen LogP contribution in [-0.2, 0) is 19.0 Å². The van der Waals surface area contributed by atoms with Gasteiger partial charge in [0.2, 0.25) is 0 Å². The average Bonchev–Trinajstić information content (AvgIpc) is 2.52. The molecule has 0 N–H and O–H groups in total. The quantitative estimate of drug-likeness (QED) is 0.751. The molecule has 0 radical (unpaired) electrons. The van der Waals surface area contributed by atoms with Gasteiger partial charge in [-0.15, -0.1) is 10.2 Å². The molecule has 132 valence electrons. The van der Waals surface area contributed by atoms with E-state index in [-0.39, 0.29) is 23.9 Å². The largest absolute Gasteiger partial charge is 0.467 e. The van der Waals surface area contributed by atoms with Gasteiger partial charge >= 0.3 is 11.9 Å². The van der Waals surface area contributed by atoms with Crippen LogP contribution in [0.2, 0.25) is 5.15 Å². The Bertz CT molecular complexity index is 632. The molecule has 0 saturated carbocycles. The number of carbonyl (C=O) groups excluding carboxylic acids is 2. The average molecular weight is 358 g/mol. The zero-order valence-corrected chi connectivity index (χ0v) is 14.8. The molecule has 0 aliphatic carbocycles. The second-order valence-corrected chi connectivity index (χ2v) is 6.62. The Balaban J connectivity index is 2.29. The zero-order chi connectivity index (χ0) is 17.9. The molecule has 1 fully saturated rings. The number of morpholine rings is 1. The number of hydrogen-bond acceptors (Lipinski definition) is 8. The number of aromatic nitrogens is 2. The zero-order valence-electron chi connectivity index (χ0n) is 14.0. The van der Waals surface area contributed by atoms with Crippen molar-refractivity contribution in [3.63, 3.8) is 0 Å². The van der Waals surface area contributed by atoms with E-state index < -0.39 is 23.6 Å². The molecule has 0 aromatic carbocycles. The second kappa shape index (κ2) is 7.31. The van der Waals surface area contributed by atoms with E-state index in [1.54, 1.807) is 25.7 Å². The summed E-state index contributed by atoms with van der Waals surface area (Å²) in [7, 11) is 1.29. The Morgan fingerprint density at radius 2 is 2.08 bits per heavy atom. The highest BCUT2D eigenvalue weighted by atomic mass is 35.5. The molecule has 8 nitrogen and oxygen atoms in total. The molecule has 0 bridgehead atoms. The molecule has 0 spiro atoms. The van der Waals surface area contributed by atoms with Crippen molar-refractivity contribution in [2.45, 2.75) is 32.5 Å². The standard InChI is InChI=1S/C15H20ClN3O5/c1-15(2,3)24-13(20)9-7-11(16)17-18-12(9)19-5-6-23-10(8-19)14(21)22-4/h7,10H,5-6,8H2,1-4H3. The van der Waals surface area contributed by atoms with Crippen molar-refractivity contribution in [2.75, 3.05) is 31.7 Å². The summed E-state index contributed by atoms with van der Waals surface area (Å²) in [6.45, 7) is 6.23. The fourth-order valence-corrected chi connectivity index (χ4v) is 2.34. The van der Waals surface area contributed by atoms with E-state index in [4.69, 9.17) is 25.8 Å². The predicted octanol–water partition coefficient (Wildman–Crippen LogP) is 1.46. The molecule has 0 amide bonds. The molecule has 1 saturated heterocycles. The lowest BCUT2D eigenvalue weighted by atomic mass is 10.1. The van der Waals surface area contributed by atoms with Gasteiger partial charge in [0.25, 0.3) is 0 Å². The van der Waals surface area contributed by atoms with E-state index in [0.717, 1.165) is 0 Å². The van der Waals surface area contributed by atoms with Gasteiger partial charge in [-0.3, -0.25) is 0 Å². The van der Waals surface area contributed by atoms with Crippen molar-refractivity contribution in [1.29, 1.82) is 0 Å². The van der Waals surface area contributed by atoms with Gasteiger partial charge in [-0.1, -0.05) is 11.6 Å². The minimum absolute atomic E-state index is 0.0809. The van der Waals surface area contributed by atoms with E-state index in [1.807, 2.05) is 0 Å². The van der Waals surface area contributed by atoms with Gasteiger partial charge in [0.15, 0.2) is 17.1 Å². The Hall–Kier alpha value is -1.93. The maximum atomic E-state index is 12.4. The number of halogens is 1. The first-order valence-electron chi connectivity index (χ1n) is 7.42. The van der Waals surface area contributed by atoms with Crippen LogP contribution in [0.1, 0.15) is 31.1 Å². The normalized spacial score (nSPS) is 18.2. The van der Waals surface area contributed by atoms with E-state index in [1.165, 1.54) is 13.2 Å². The number of rotatable bonds is 3. The summed E-state index contributed by atoms with van der Waals surface area (Å²) >= 11 is 5.87. The molecule has 1 aliphatic rings. The molecule has 1 aliphatic heterocycles. The van der Waals surface area contributed by atoms with Gasteiger partial charge in [0.05, 0.1) is 20.3 Å². The summed E-state index contributed by atoms with van der Waals surface area (Å²) < 4.78 is 15.5. The minimum atomic E-state index is -0.757. The van der Waals surface area contributed by atoms with Crippen LogP contribution in [-0.4, -0.2) is 60.6 Å². The number of anilines is 1. The van der Waals surface area contributed by atoms with Crippen molar-refractivity contribution in [3.05, 3.63) is 16.8 Å². The molecular weight excluding hydrogens is 338 g/mol. The number of methoxy groups -OCH3 is 1. The van der Waals surface area contributed by atoms with Crippen molar-refractivity contribution in [2.24, 2.45) is 0 Å². The van der Waals surface area contributed by atoms with E-state index in [0.29, 0.717) is 12.4 Å². The number of nitrogens with zero attached hydrogens (tertiary/aromatic N) is 3. The van der Waals surface area contributed by atoms with Crippen LogP contribution in [0.25, 0.3) is 0 Å². The molecule has 1 aromatic heterocycles. The Morgan fingerprint density at radius 3 is 2.71 bits per heavy atom. The summed E-state index contributed by atoms with van der Waals surface area (Å²) in [6, 6.07) is 1.40. The van der Waals surface area contributed by atoms with Crippen molar-refractivity contribution < 1.29 is 23.8 Å². The number of carbonyl (C=O) groups is 2. The Labute approximate surface area is 145 Å². The van der Waals surface area contributed by atoms with Crippen LogP contribution < -0.4 is 4.90 Å². The fourth-order valence-electron chi connectivity index (χ4n) is 2.19. The number of esters is 2. The van der Waals surface area contributed by atoms with Gasteiger partial charge in [-0.2, -0.15) is 0 Å². The van der Waals surface area contributed by atoms with Crippen LogP contribution in [0, 0.1) is 0 Å². The van der Waals surface area contributed by atoms with Crippen molar-refractivity contribution in [1.82, 2.24) is 10.2 Å². The van der Waals surface area contributed by atoms with Crippen LogP contribution in [0.5, 0.6) is 0 Å². The summed E-state index contributed by atoms with van der Waals surface area (Å²) in [5.41, 5.74) is -0.473. The van der Waals surface area contributed by atoms with Gasteiger partial charge < -0.3 is 19.1 Å². The summed E-state index contributed by atoms with van der Waals surface area (Å²) in [5.74, 6) is -0.748. The lowest BCUT2D eigenvalue weighted by Gasteiger charge is -2.33. The molecule has 2 rings (SSSR count). The van der Waals surface area contributed by atoms with Gasteiger partial charge in [0.1, 0.15) is 11.2 Å². The van der Waals surface area contributed by atoms with Crippen LogP contribution in [0.15, 0.2) is 6.07 Å². The lowest BCUT2D eigenvalue weighted by Crippen LogP contribution is -2.47. The second-order valence-electron chi connectivity index (χ2n) is 6.23. The third-order valence-electron chi connectivity index (χ3n) is 3.19. The van der Waals surface area contributed by atoms with E-state index >= 15 is 0 Å². The molecule has 1 atom stereocenters. The maximum absolute atomic E-state index is 12.4. The highest BCUT2D eigenvalue weighted by Gasteiger charge is 2.31. The first kappa shape index (κ1) is 18.4. The van der Waals surface area contributed by atoms with Gasteiger partial charge in [-0.25, -0.2) is 9.59 Å². The third-order valence-corrected chi connectivity index (χ3v) is 3.38. The molecule has 1 aromatic rings. The molecule has 1 unspecified atom stereocenters. The third kappa shape index (κ3) is 4.55. The summed E-state index contributed by atoms with van der Waals surface area (Å²) in [6.07, 6.45) is -0.757. The van der Waals surface area contributed by atoms with E-state index in [9.17, 15) is 9.59 Å². The fraction of sp³-hybridized carbons (Fsp3) is 0.600. The van der Waals surface area contributed by atoms with Crippen molar-refractivity contribution in [3.8, 4) is 0 Å². The van der Waals surface area contributed by atoms with E-state index in [2.05, 4.69) is 10.2 Å². The molecular formula is C15H20ClN3O5. The number of ether oxygens (including phenoxy) is 3. The Kier molecular flexibility index (Phi) is 5.61. The highest BCUT2D eigenvalue weighted by molar-refractivity contribution is 6.29. The molecule has 9 heteroatoms. The smallest absolute Gasteiger partial charge is 0.342 e. The van der Waals surface area contributed by atoms with Gasteiger partial charge in [-0.05, 0) is 26.8 Å². The van der Waals surface area contributed by atoms with Gasteiger partial charge in [0, 0.05) is 6.54 Å². The maximum Gasteiger partial charge on any atom is 0.342 e. The summed E-state index contributed by atoms with van der Waals surface area (Å²) in [4.78, 5) is 25.9. The molecule has 2 heterocycles. The lowest BCUT2D eigenvalue weighted by molar-refractivity contribution is -0.154. The SMILES string of the molecule is COC(=O)C1CN(c2nnc(Cl)cc2C(=O)OC(C)(C)C)CCO1.